The third kappa shape index (κ3) is 3.82. The monoisotopic (exact) mass is 415 g/mol. The van der Waals surface area contributed by atoms with E-state index in [2.05, 4.69) is 15.5 Å². The number of ether oxygens (including phenoxy) is 1. The number of anilines is 1. The molecule has 30 heavy (non-hydrogen) atoms. The van der Waals surface area contributed by atoms with Gasteiger partial charge in [0, 0.05) is 10.9 Å². The molecule has 0 aliphatic carbocycles. The first-order valence-electron chi connectivity index (χ1n) is 8.72. The van der Waals surface area contributed by atoms with Gasteiger partial charge < -0.3 is 10.1 Å². The van der Waals surface area contributed by atoms with Crippen LogP contribution in [0.5, 0.6) is 5.75 Å². The fourth-order valence-corrected chi connectivity index (χ4v) is 2.82. The normalized spacial score (nSPS) is 10.9. The third-order valence-corrected chi connectivity index (χ3v) is 4.39. The van der Waals surface area contributed by atoms with Crippen molar-refractivity contribution in [2.24, 2.45) is 0 Å². The highest BCUT2D eigenvalue weighted by Crippen LogP contribution is 2.27. The summed E-state index contributed by atoms with van der Waals surface area (Å²) in [5.41, 5.74) is 0.268. The number of carbonyl (C=O) groups excluding carboxylic acids is 1. The standard InChI is InChI=1S/C21H13F4N3O2/c22-12-3-1-11(2-4-12)21(29)26-20-14-9-13(5-8-18(14)27-28-20)30-10-15-16(23)6-7-17(24)19(15)25/h1-9H,10H2,(H2,26,27,28,29). The molecule has 0 aliphatic heterocycles. The van der Waals surface area contributed by atoms with Crippen molar-refractivity contribution in [2.75, 3.05) is 5.32 Å². The zero-order valence-electron chi connectivity index (χ0n) is 15.2. The second-order valence-electron chi connectivity index (χ2n) is 6.35. The first kappa shape index (κ1) is 19.4. The minimum absolute atomic E-state index is 0.188. The Balaban J connectivity index is 1.55. The van der Waals surface area contributed by atoms with Gasteiger partial charge in [-0.2, -0.15) is 5.10 Å². The smallest absolute Gasteiger partial charge is 0.256 e. The molecule has 0 saturated heterocycles. The van der Waals surface area contributed by atoms with Crippen LogP contribution in [0.15, 0.2) is 54.6 Å². The Morgan fingerprint density at radius 2 is 1.70 bits per heavy atom. The van der Waals surface area contributed by atoms with E-state index in [0.717, 1.165) is 18.2 Å². The van der Waals surface area contributed by atoms with Gasteiger partial charge in [0.05, 0.1) is 11.1 Å². The number of hydrogen-bond acceptors (Lipinski definition) is 3. The lowest BCUT2D eigenvalue weighted by molar-refractivity contribution is 0.102. The first-order chi connectivity index (χ1) is 14.4. The predicted octanol–water partition coefficient (Wildman–Crippen LogP) is 4.95. The number of nitrogens with zero attached hydrogens (tertiary/aromatic N) is 1. The lowest BCUT2D eigenvalue weighted by atomic mass is 10.2. The molecule has 4 rings (SSSR count). The van der Waals surface area contributed by atoms with Crippen molar-refractivity contribution in [1.82, 2.24) is 10.2 Å². The molecule has 0 atom stereocenters. The van der Waals surface area contributed by atoms with Gasteiger partial charge in [-0.05, 0) is 54.6 Å². The third-order valence-electron chi connectivity index (χ3n) is 4.39. The van der Waals surface area contributed by atoms with Crippen molar-refractivity contribution in [2.45, 2.75) is 6.61 Å². The van der Waals surface area contributed by atoms with Gasteiger partial charge >= 0.3 is 0 Å². The molecule has 9 heteroatoms. The predicted molar refractivity (Wildman–Crippen MR) is 101 cm³/mol. The van der Waals surface area contributed by atoms with E-state index in [0.29, 0.717) is 17.0 Å². The summed E-state index contributed by atoms with van der Waals surface area (Å²) in [4.78, 5) is 12.3. The molecule has 152 valence electrons. The lowest BCUT2D eigenvalue weighted by Gasteiger charge is -2.09. The van der Waals surface area contributed by atoms with Crippen LogP contribution in [0.1, 0.15) is 15.9 Å². The van der Waals surface area contributed by atoms with Gasteiger partial charge in [0.1, 0.15) is 24.0 Å². The molecule has 4 aromatic rings. The van der Waals surface area contributed by atoms with Gasteiger partial charge in [0.2, 0.25) is 0 Å². The number of H-pyrrole nitrogens is 1. The second kappa shape index (κ2) is 7.86. The molecule has 0 unspecified atom stereocenters. The average molecular weight is 415 g/mol. The highest BCUT2D eigenvalue weighted by molar-refractivity contribution is 6.07. The first-order valence-corrected chi connectivity index (χ1v) is 8.72. The van der Waals surface area contributed by atoms with Gasteiger partial charge in [-0.3, -0.25) is 9.89 Å². The topological polar surface area (TPSA) is 67.0 Å². The number of aromatic nitrogens is 2. The zero-order chi connectivity index (χ0) is 21.3. The van der Waals surface area contributed by atoms with E-state index in [1.165, 1.54) is 24.3 Å². The van der Waals surface area contributed by atoms with Crippen molar-refractivity contribution >= 4 is 22.6 Å². The van der Waals surface area contributed by atoms with E-state index >= 15 is 0 Å². The number of hydrogen-bond donors (Lipinski definition) is 2. The van der Waals surface area contributed by atoms with Crippen molar-refractivity contribution in [3.05, 3.63) is 89.0 Å². The minimum atomic E-state index is -1.31. The van der Waals surface area contributed by atoms with E-state index in [9.17, 15) is 22.4 Å². The van der Waals surface area contributed by atoms with Crippen molar-refractivity contribution in [3.8, 4) is 5.75 Å². The average Bonchev–Trinajstić information content (AvgIpc) is 3.13. The lowest BCUT2D eigenvalue weighted by Crippen LogP contribution is -2.12. The maximum absolute atomic E-state index is 13.8. The van der Waals surface area contributed by atoms with Crippen LogP contribution in [-0.2, 0) is 6.61 Å². The molecule has 0 radical (unpaired) electrons. The Labute approximate surface area is 167 Å². The summed E-state index contributed by atoms with van der Waals surface area (Å²) in [7, 11) is 0. The SMILES string of the molecule is O=C(Nc1n[nH]c2ccc(OCc3c(F)ccc(F)c3F)cc12)c1ccc(F)cc1. The van der Waals surface area contributed by atoms with Crippen LogP contribution in [0, 0.1) is 23.3 Å². The molecule has 1 aromatic heterocycles. The van der Waals surface area contributed by atoms with Crippen LogP contribution in [0.3, 0.4) is 0 Å². The summed E-state index contributed by atoms with van der Waals surface area (Å²) in [6, 6.07) is 11.1. The quantitative estimate of drug-likeness (QED) is 0.358. The number of aromatic amines is 1. The summed E-state index contributed by atoms with van der Waals surface area (Å²) in [5, 5.41) is 9.83. The molecule has 3 aromatic carbocycles. The molecule has 1 heterocycles. The molecule has 5 nitrogen and oxygen atoms in total. The zero-order valence-corrected chi connectivity index (χ0v) is 15.2. The maximum Gasteiger partial charge on any atom is 0.256 e. The molecular formula is C21H13F4N3O2. The summed E-state index contributed by atoms with van der Waals surface area (Å²) < 4.78 is 59.3. The van der Waals surface area contributed by atoms with Gasteiger partial charge in [0.15, 0.2) is 17.5 Å². The Morgan fingerprint density at radius 1 is 0.967 bits per heavy atom. The van der Waals surface area contributed by atoms with Crippen LogP contribution >= 0.6 is 0 Å². The van der Waals surface area contributed by atoms with E-state index in [1.807, 2.05) is 0 Å². The Bertz CT molecular complexity index is 1240. The largest absolute Gasteiger partial charge is 0.489 e. The molecule has 0 fully saturated rings. The number of amides is 1. The van der Waals surface area contributed by atoms with Crippen LogP contribution in [0.2, 0.25) is 0 Å². The van der Waals surface area contributed by atoms with Gasteiger partial charge in [-0.15, -0.1) is 0 Å². The van der Waals surface area contributed by atoms with Crippen molar-refractivity contribution in [1.29, 1.82) is 0 Å². The fourth-order valence-electron chi connectivity index (χ4n) is 2.82. The number of nitrogens with one attached hydrogen (secondary N) is 2. The van der Waals surface area contributed by atoms with Crippen molar-refractivity contribution in [3.63, 3.8) is 0 Å². The van der Waals surface area contributed by atoms with Crippen molar-refractivity contribution < 1.29 is 27.1 Å². The highest BCUT2D eigenvalue weighted by Gasteiger charge is 2.16. The van der Waals surface area contributed by atoms with Gasteiger partial charge in [-0.25, -0.2) is 17.6 Å². The Hall–Kier alpha value is -3.88. The molecular weight excluding hydrogens is 402 g/mol. The number of fused-ring (bicyclic) bond motifs is 1. The number of carbonyl (C=O) groups is 1. The Morgan fingerprint density at radius 3 is 2.47 bits per heavy atom. The van der Waals surface area contributed by atoms with Crippen LogP contribution in [0.4, 0.5) is 23.4 Å². The number of halogens is 4. The molecule has 0 spiro atoms. The van der Waals surface area contributed by atoms with Crippen LogP contribution in [-0.4, -0.2) is 16.1 Å². The Kier molecular flexibility index (Phi) is 5.09. The number of benzene rings is 3. The minimum Gasteiger partial charge on any atom is -0.489 e. The van der Waals surface area contributed by atoms with Crippen LogP contribution < -0.4 is 10.1 Å². The van der Waals surface area contributed by atoms with E-state index in [-0.39, 0.29) is 17.1 Å². The number of rotatable bonds is 5. The molecule has 0 saturated carbocycles. The van der Waals surface area contributed by atoms with E-state index < -0.39 is 41.3 Å². The molecule has 0 bridgehead atoms. The highest BCUT2D eigenvalue weighted by atomic mass is 19.2. The van der Waals surface area contributed by atoms with E-state index in [4.69, 9.17) is 4.74 Å². The summed E-state index contributed by atoms with van der Waals surface area (Å²) in [6.07, 6.45) is 0. The molecule has 2 N–H and O–H groups in total. The van der Waals surface area contributed by atoms with Gasteiger partial charge in [0.25, 0.3) is 5.91 Å². The summed E-state index contributed by atoms with van der Waals surface area (Å²) in [6.45, 7) is -0.532. The van der Waals surface area contributed by atoms with E-state index in [1.54, 1.807) is 6.07 Å². The molecule has 1 amide bonds. The summed E-state index contributed by atoms with van der Waals surface area (Å²) in [5.74, 6) is -3.97. The molecule has 0 aliphatic rings. The van der Waals surface area contributed by atoms with Crippen LogP contribution in [0.25, 0.3) is 10.9 Å². The maximum atomic E-state index is 13.8. The second-order valence-corrected chi connectivity index (χ2v) is 6.35. The fraction of sp³-hybridized carbons (Fsp3) is 0.0476. The van der Waals surface area contributed by atoms with Gasteiger partial charge in [-0.1, -0.05) is 0 Å². The summed E-state index contributed by atoms with van der Waals surface area (Å²) >= 11 is 0.